The molecule has 0 unspecified atom stereocenters. The molecule has 0 saturated heterocycles. The van der Waals surface area contributed by atoms with Crippen molar-refractivity contribution >= 4 is 5.78 Å². The molecule has 1 N–H and O–H groups in total. The van der Waals surface area contributed by atoms with Gasteiger partial charge in [0, 0.05) is 0 Å². The molecule has 3 heteroatoms. The largest absolute Gasteiger partial charge is 0.523 e. The lowest BCUT2D eigenvalue weighted by atomic mass is 10.3. The molecule has 0 fully saturated rings. The second-order valence-electron chi connectivity index (χ2n) is 1.60. The van der Waals surface area contributed by atoms with E-state index in [2.05, 4.69) is 4.85 Å². The quantitative estimate of drug-likeness (QED) is 0.326. The van der Waals surface area contributed by atoms with E-state index in [1.807, 2.05) is 0 Å². The van der Waals surface area contributed by atoms with E-state index in [1.165, 1.54) is 13.8 Å². The van der Waals surface area contributed by atoms with E-state index in [1.54, 1.807) is 0 Å². The summed E-state index contributed by atoms with van der Waals surface area (Å²) >= 11 is 0. The van der Waals surface area contributed by atoms with Crippen molar-refractivity contribution in [2.24, 2.45) is 0 Å². The molecule has 0 aliphatic rings. The SMILES string of the molecule is [C-]#[N+]/C(C(C)=O)=C(\C)O. The maximum absolute atomic E-state index is 10.4. The van der Waals surface area contributed by atoms with Crippen LogP contribution < -0.4 is 0 Å². The van der Waals surface area contributed by atoms with Gasteiger partial charge in [-0.25, -0.2) is 4.85 Å². The number of allylic oxidation sites excluding steroid dienone is 2. The predicted molar refractivity (Wildman–Crippen MR) is 32.6 cm³/mol. The zero-order chi connectivity index (χ0) is 7.44. The highest BCUT2D eigenvalue weighted by molar-refractivity contribution is 5.95. The van der Waals surface area contributed by atoms with Crippen molar-refractivity contribution in [3.63, 3.8) is 0 Å². The second kappa shape index (κ2) is 2.88. The molecular formula is C6H7NO2. The van der Waals surface area contributed by atoms with Gasteiger partial charge in [-0.1, -0.05) is 0 Å². The van der Waals surface area contributed by atoms with Crippen LogP contribution in [0.25, 0.3) is 4.85 Å². The molecule has 0 atom stereocenters. The third-order valence-electron chi connectivity index (χ3n) is 0.788. The van der Waals surface area contributed by atoms with Gasteiger partial charge in [0.2, 0.25) is 0 Å². The van der Waals surface area contributed by atoms with Crippen LogP contribution in [-0.4, -0.2) is 10.9 Å². The third kappa shape index (κ3) is 1.96. The van der Waals surface area contributed by atoms with E-state index in [0.717, 1.165) is 0 Å². The summed E-state index contributed by atoms with van der Waals surface area (Å²) < 4.78 is 0. The fourth-order valence-electron chi connectivity index (χ4n) is 0.414. The zero-order valence-corrected chi connectivity index (χ0v) is 5.30. The maximum Gasteiger partial charge on any atom is 0.264 e. The lowest BCUT2D eigenvalue weighted by molar-refractivity contribution is -0.113. The molecule has 0 aliphatic carbocycles. The lowest BCUT2D eigenvalue weighted by Gasteiger charge is -1.90. The highest BCUT2D eigenvalue weighted by Crippen LogP contribution is 2.02. The van der Waals surface area contributed by atoms with Crippen molar-refractivity contribution in [3.05, 3.63) is 22.9 Å². The molecule has 0 aliphatic heterocycles. The molecule has 0 radical (unpaired) electrons. The zero-order valence-electron chi connectivity index (χ0n) is 5.30. The number of nitrogens with zero attached hydrogens (tertiary/aromatic N) is 1. The summed E-state index contributed by atoms with van der Waals surface area (Å²) in [6.07, 6.45) is 0. The summed E-state index contributed by atoms with van der Waals surface area (Å²) in [4.78, 5) is 13.2. The standard InChI is InChI=1S/C6H7NO2/c1-4(8)6(7-3)5(2)9/h8H,1-2H3/b6-4+. The summed E-state index contributed by atoms with van der Waals surface area (Å²) in [5.74, 6) is -0.609. The fourth-order valence-corrected chi connectivity index (χ4v) is 0.414. The number of carbonyl (C=O) groups excluding carboxylic acids is 1. The predicted octanol–water partition coefficient (Wildman–Crippen LogP) is 1.28. The van der Waals surface area contributed by atoms with Gasteiger partial charge in [-0.2, -0.15) is 0 Å². The summed E-state index contributed by atoms with van der Waals surface area (Å²) in [6, 6.07) is 0. The highest BCUT2D eigenvalue weighted by Gasteiger charge is 2.05. The topological polar surface area (TPSA) is 41.7 Å². The summed E-state index contributed by atoms with van der Waals surface area (Å²) in [5, 5.41) is 8.63. The second-order valence-corrected chi connectivity index (χ2v) is 1.60. The van der Waals surface area contributed by atoms with Gasteiger partial charge in [0.25, 0.3) is 5.70 Å². The minimum Gasteiger partial charge on any atom is -0.523 e. The molecule has 0 bridgehead atoms. The Morgan fingerprint density at radius 1 is 1.56 bits per heavy atom. The number of hydrogen-bond acceptors (Lipinski definition) is 2. The number of carbonyl (C=O) groups is 1. The molecule has 48 valence electrons. The first-order chi connectivity index (χ1) is 4.09. The Morgan fingerprint density at radius 2 is 2.00 bits per heavy atom. The maximum atomic E-state index is 10.4. The molecule has 0 saturated carbocycles. The van der Waals surface area contributed by atoms with Gasteiger partial charge in [0.05, 0.1) is 6.57 Å². The van der Waals surface area contributed by atoms with Gasteiger partial charge < -0.3 is 9.90 Å². The molecular weight excluding hydrogens is 118 g/mol. The molecule has 0 heterocycles. The fraction of sp³-hybridized carbons (Fsp3) is 0.333. The Bertz CT molecular complexity index is 194. The first-order valence-electron chi connectivity index (χ1n) is 2.37. The van der Waals surface area contributed by atoms with Crippen LogP contribution in [0.15, 0.2) is 11.5 Å². The molecule has 9 heavy (non-hydrogen) atoms. The first-order valence-corrected chi connectivity index (χ1v) is 2.37. The van der Waals surface area contributed by atoms with E-state index >= 15 is 0 Å². The Kier molecular flexibility index (Phi) is 2.46. The number of rotatable bonds is 1. The molecule has 0 aromatic rings. The van der Waals surface area contributed by atoms with E-state index in [4.69, 9.17) is 11.7 Å². The monoisotopic (exact) mass is 125 g/mol. The van der Waals surface area contributed by atoms with Gasteiger partial charge in [-0.3, -0.25) is 0 Å². The number of hydrogen-bond donors (Lipinski definition) is 1. The summed E-state index contributed by atoms with van der Waals surface area (Å²) in [6.45, 7) is 8.96. The number of aliphatic hydroxyl groups excluding tert-OH is 1. The summed E-state index contributed by atoms with van der Waals surface area (Å²) in [7, 11) is 0. The molecule has 0 aromatic carbocycles. The number of aliphatic hydroxyl groups is 1. The third-order valence-corrected chi connectivity index (χ3v) is 0.788. The Hall–Kier alpha value is -1.30. The van der Waals surface area contributed by atoms with Crippen LogP contribution in [-0.2, 0) is 4.79 Å². The molecule has 0 aromatic heterocycles. The van der Waals surface area contributed by atoms with Crippen molar-refractivity contribution < 1.29 is 9.90 Å². The highest BCUT2D eigenvalue weighted by atomic mass is 16.3. The summed E-state index contributed by atoms with van der Waals surface area (Å²) in [5.41, 5.74) is -0.185. The van der Waals surface area contributed by atoms with E-state index in [-0.39, 0.29) is 11.5 Å². The Morgan fingerprint density at radius 3 is 2.00 bits per heavy atom. The van der Waals surface area contributed by atoms with Gasteiger partial charge in [-0.05, 0) is 13.8 Å². The van der Waals surface area contributed by atoms with Crippen LogP contribution in [0.1, 0.15) is 13.8 Å². The first kappa shape index (κ1) is 7.70. The van der Waals surface area contributed by atoms with Crippen molar-refractivity contribution in [1.29, 1.82) is 0 Å². The average Bonchev–Trinajstić information content (AvgIpc) is 1.64. The normalized spacial score (nSPS) is 11.7. The molecule has 0 amide bonds. The van der Waals surface area contributed by atoms with Crippen molar-refractivity contribution in [2.75, 3.05) is 0 Å². The molecule has 0 spiro atoms. The molecule has 0 rings (SSSR count). The Balaban J connectivity index is 4.62. The van der Waals surface area contributed by atoms with E-state index in [9.17, 15) is 4.79 Å². The van der Waals surface area contributed by atoms with Crippen molar-refractivity contribution in [2.45, 2.75) is 13.8 Å². The average molecular weight is 125 g/mol. The smallest absolute Gasteiger partial charge is 0.264 e. The van der Waals surface area contributed by atoms with Crippen molar-refractivity contribution in [1.82, 2.24) is 0 Å². The molecule has 3 nitrogen and oxygen atoms in total. The van der Waals surface area contributed by atoms with Crippen LogP contribution in [0.5, 0.6) is 0 Å². The van der Waals surface area contributed by atoms with Gasteiger partial charge >= 0.3 is 0 Å². The van der Waals surface area contributed by atoms with E-state index < -0.39 is 5.78 Å². The van der Waals surface area contributed by atoms with Crippen LogP contribution in [0.4, 0.5) is 0 Å². The van der Waals surface area contributed by atoms with Gasteiger partial charge in [0.15, 0.2) is 5.78 Å². The van der Waals surface area contributed by atoms with Crippen LogP contribution in [0.2, 0.25) is 0 Å². The van der Waals surface area contributed by atoms with Crippen molar-refractivity contribution in [3.8, 4) is 0 Å². The van der Waals surface area contributed by atoms with Gasteiger partial charge in [0.1, 0.15) is 5.76 Å². The minimum atomic E-state index is -0.398. The number of ketones is 1. The Labute approximate surface area is 53.4 Å². The number of Topliss-reactive ketones (excluding diaryl/α,β-unsaturated/α-hetero) is 1. The van der Waals surface area contributed by atoms with Crippen LogP contribution in [0.3, 0.4) is 0 Å². The lowest BCUT2D eigenvalue weighted by Crippen LogP contribution is -1.94. The minimum absolute atomic E-state index is 0.185. The van der Waals surface area contributed by atoms with Gasteiger partial charge in [-0.15, -0.1) is 0 Å². The van der Waals surface area contributed by atoms with E-state index in [0.29, 0.717) is 0 Å². The van der Waals surface area contributed by atoms with Crippen LogP contribution in [0, 0.1) is 6.57 Å². The van der Waals surface area contributed by atoms with Crippen LogP contribution >= 0.6 is 0 Å².